The average Bonchev–Trinajstić information content (AvgIpc) is 2.77. The second-order valence-corrected chi connectivity index (χ2v) is 7.13. The van der Waals surface area contributed by atoms with E-state index >= 15 is 0 Å². The SMILES string of the molecule is CCCCS(=O)(=O)N1Cc2ncn(C)c2[C@@H](C(=O)O)C1. The van der Waals surface area contributed by atoms with Crippen LogP contribution in [0.1, 0.15) is 37.1 Å². The minimum atomic E-state index is -3.42. The summed E-state index contributed by atoms with van der Waals surface area (Å²) in [5, 5.41) is 9.32. The van der Waals surface area contributed by atoms with Crippen LogP contribution in [0.5, 0.6) is 0 Å². The lowest BCUT2D eigenvalue weighted by Gasteiger charge is -2.30. The molecule has 1 atom stereocenters. The summed E-state index contributed by atoms with van der Waals surface area (Å²) in [5.41, 5.74) is 1.13. The topological polar surface area (TPSA) is 92.5 Å². The average molecular weight is 301 g/mol. The van der Waals surface area contributed by atoms with Crippen LogP contribution >= 0.6 is 0 Å². The number of unbranched alkanes of at least 4 members (excludes halogenated alkanes) is 1. The normalized spacial score (nSPS) is 19.8. The van der Waals surface area contributed by atoms with Gasteiger partial charge in [-0.05, 0) is 6.42 Å². The molecule has 0 saturated carbocycles. The van der Waals surface area contributed by atoms with Crippen molar-refractivity contribution in [3.05, 3.63) is 17.7 Å². The number of carbonyl (C=O) groups is 1. The van der Waals surface area contributed by atoms with Crippen LogP contribution in [0.25, 0.3) is 0 Å². The second kappa shape index (κ2) is 5.53. The zero-order valence-corrected chi connectivity index (χ0v) is 12.4. The third-order valence-electron chi connectivity index (χ3n) is 3.55. The highest BCUT2D eigenvalue weighted by Gasteiger charge is 2.38. The van der Waals surface area contributed by atoms with Gasteiger partial charge in [0.2, 0.25) is 10.0 Å². The predicted octanol–water partition coefficient (Wildman–Crippen LogP) is 0.534. The minimum absolute atomic E-state index is 0.0199. The van der Waals surface area contributed by atoms with Gasteiger partial charge in [0.1, 0.15) is 5.92 Å². The zero-order valence-electron chi connectivity index (χ0n) is 11.6. The summed E-state index contributed by atoms with van der Waals surface area (Å²) in [6.45, 7) is 2.06. The van der Waals surface area contributed by atoms with Crippen LogP contribution in [0.4, 0.5) is 0 Å². The Morgan fingerprint density at radius 1 is 1.55 bits per heavy atom. The van der Waals surface area contributed by atoms with Crippen LogP contribution in [0.15, 0.2) is 6.33 Å². The first-order chi connectivity index (χ1) is 9.36. The second-order valence-electron chi connectivity index (χ2n) is 5.04. The highest BCUT2D eigenvalue weighted by Crippen LogP contribution is 2.29. The van der Waals surface area contributed by atoms with E-state index < -0.39 is 21.9 Å². The third-order valence-corrected chi connectivity index (χ3v) is 5.42. The van der Waals surface area contributed by atoms with Gasteiger partial charge in [-0.1, -0.05) is 13.3 Å². The molecule has 2 heterocycles. The summed E-state index contributed by atoms with van der Waals surface area (Å²) >= 11 is 0. The van der Waals surface area contributed by atoms with Crippen molar-refractivity contribution in [2.75, 3.05) is 12.3 Å². The van der Waals surface area contributed by atoms with E-state index in [-0.39, 0.29) is 18.8 Å². The smallest absolute Gasteiger partial charge is 0.313 e. The van der Waals surface area contributed by atoms with Gasteiger partial charge in [0.15, 0.2) is 0 Å². The van der Waals surface area contributed by atoms with Gasteiger partial charge in [0.25, 0.3) is 0 Å². The Kier molecular flexibility index (Phi) is 4.14. The first kappa shape index (κ1) is 15.0. The van der Waals surface area contributed by atoms with E-state index in [1.54, 1.807) is 11.6 Å². The molecule has 0 aliphatic carbocycles. The van der Waals surface area contributed by atoms with Crippen LogP contribution < -0.4 is 0 Å². The van der Waals surface area contributed by atoms with Crippen molar-refractivity contribution in [2.45, 2.75) is 32.2 Å². The Bertz CT molecular complexity index is 608. The maximum absolute atomic E-state index is 12.2. The molecule has 112 valence electrons. The molecule has 8 heteroatoms. The van der Waals surface area contributed by atoms with Gasteiger partial charge in [-0.25, -0.2) is 13.4 Å². The van der Waals surface area contributed by atoms with Crippen LogP contribution in [0, 0.1) is 0 Å². The van der Waals surface area contributed by atoms with Gasteiger partial charge in [-0.3, -0.25) is 4.79 Å². The molecule has 0 bridgehead atoms. The number of carboxylic acid groups (broad SMARTS) is 1. The predicted molar refractivity (Wildman–Crippen MR) is 72.7 cm³/mol. The number of fused-ring (bicyclic) bond motifs is 1. The molecule has 0 amide bonds. The van der Waals surface area contributed by atoms with Crippen molar-refractivity contribution in [3.63, 3.8) is 0 Å². The Labute approximate surface area is 118 Å². The number of aliphatic carboxylic acids is 1. The summed E-state index contributed by atoms with van der Waals surface area (Å²) in [4.78, 5) is 15.5. The van der Waals surface area contributed by atoms with E-state index in [0.717, 1.165) is 6.42 Å². The van der Waals surface area contributed by atoms with Crippen LogP contribution in [-0.2, 0) is 28.4 Å². The Morgan fingerprint density at radius 2 is 2.25 bits per heavy atom. The first-order valence-electron chi connectivity index (χ1n) is 6.57. The maximum atomic E-state index is 12.2. The summed E-state index contributed by atoms with van der Waals surface area (Å²) < 4.78 is 27.4. The highest BCUT2D eigenvalue weighted by molar-refractivity contribution is 7.89. The van der Waals surface area contributed by atoms with Crippen LogP contribution in [-0.4, -0.2) is 45.6 Å². The number of imidazole rings is 1. The summed E-state index contributed by atoms with van der Waals surface area (Å²) in [6, 6.07) is 0. The molecule has 1 aromatic heterocycles. The number of hydrogen-bond donors (Lipinski definition) is 1. The van der Waals surface area contributed by atoms with Gasteiger partial charge < -0.3 is 9.67 Å². The molecule has 0 spiro atoms. The van der Waals surface area contributed by atoms with E-state index in [0.29, 0.717) is 17.8 Å². The van der Waals surface area contributed by atoms with Crippen molar-refractivity contribution >= 4 is 16.0 Å². The molecular formula is C12H19N3O4S. The van der Waals surface area contributed by atoms with E-state index in [1.165, 1.54) is 10.6 Å². The van der Waals surface area contributed by atoms with Crippen molar-refractivity contribution in [1.29, 1.82) is 0 Å². The van der Waals surface area contributed by atoms with Gasteiger partial charge >= 0.3 is 5.97 Å². The van der Waals surface area contributed by atoms with Crippen LogP contribution in [0.3, 0.4) is 0 Å². The number of carboxylic acids is 1. The van der Waals surface area contributed by atoms with Crippen molar-refractivity contribution in [3.8, 4) is 0 Å². The molecule has 1 aromatic rings. The Hall–Kier alpha value is -1.41. The fourth-order valence-electron chi connectivity index (χ4n) is 2.44. The standard InChI is InChI=1S/C12H19N3O4S/c1-3-4-5-20(18,19)15-6-9(12(16)17)11-10(7-15)13-8-14(11)2/h8-9H,3-7H2,1-2H3,(H,16,17)/t9-/m0/s1. The third kappa shape index (κ3) is 2.71. The van der Waals surface area contributed by atoms with Crippen molar-refractivity contribution in [2.24, 2.45) is 7.05 Å². The number of hydrogen-bond acceptors (Lipinski definition) is 4. The van der Waals surface area contributed by atoms with E-state index in [9.17, 15) is 18.3 Å². The Morgan fingerprint density at radius 3 is 2.85 bits per heavy atom. The Balaban J connectivity index is 2.32. The van der Waals surface area contributed by atoms with Gasteiger partial charge in [0.05, 0.1) is 30.0 Å². The minimum Gasteiger partial charge on any atom is -0.481 e. The molecule has 7 nitrogen and oxygen atoms in total. The summed E-state index contributed by atoms with van der Waals surface area (Å²) in [6.07, 6.45) is 2.89. The molecule has 20 heavy (non-hydrogen) atoms. The summed E-state index contributed by atoms with van der Waals surface area (Å²) in [7, 11) is -1.70. The van der Waals surface area contributed by atoms with Crippen molar-refractivity contribution < 1.29 is 18.3 Å². The fraction of sp³-hybridized carbons (Fsp3) is 0.667. The lowest BCUT2D eigenvalue weighted by Crippen LogP contribution is -2.42. The first-order valence-corrected chi connectivity index (χ1v) is 8.18. The molecule has 0 unspecified atom stereocenters. The number of aromatic nitrogens is 2. The van der Waals surface area contributed by atoms with Gasteiger partial charge in [-0.2, -0.15) is 4.31 Å². The number of nitrogens with zero attached hydrogens (tertiary/aromatic N) is 3. The fourth-order valence-corrected chi connectivity index (χ4v) is 4.05. The lowest BCUT2D eigenvalue weighted by molar-refractivity contribution is -0.139. The number of rotatable bonds is 5. The molecule has 1 aliphatic rings. The van der Waals surface area contributed by atoms with E-state index in [4.69, 9.17) is 0 Å². The van der Waals surface area contributed by atoms with Crippen molar-refractivity contribution in [1.82, 2.24) is 13.9 Å². The molecule has 2 rings (SSSR count). The largest absolute Gasteiger partial charge is 0.481 e. The molecule has 1 N–H and O–H groups in total. The number of aryl methyl sites for hydroxylation is 1. The van der Waals surface area contributed by atoms with Gasteiger partial charge in [-0.15, -0.1) is 0 Å². The van der Waals surface area contributed by atoms with Crippen LogP contribution in [0.2, 0.25) is 0 Å². The number of sulfonamides is 1. The van der Waals surface area contributed by atoms with E-state index in [1.807, 2.05) is 6.92 Å². The highest BCUT2D eigenvalue weighted by atomic mass is 32.2. The lowest BCUT2D eigenvalue weighted by atomic mass is 10.0. The molecule has 0 aromatic carbocycles. The summed E-state index contributed by atoms with van der Waals surface area (Å²) in [5.74, 6) is -1.83. The molecule has 0 saturated heterocycles. The molecule has 0 radical (unpaired) electrons. The zero-order chi connectivity index (χ0) is 14.9. The quantitative estimate of drug-likeness (QED) is 0.856. The molecular weight excluding hydrogens is 282 g/mol. The van der Waals surface area contributed by atoms with Gasteiger partial charge in [0, 0.05) is 13.6 Å². The molecule has 0 fully saturated rings. The van der Waals surface area contributed by atoms with E-state index in [2.05, 4.69) is 4.98 Å². The molecule has 1 aliphatic heterocycles. The monoisotopic (exact) mass is 301 g/mol. The maximum Gasteiger partial charge on any atom is 0.313 e.